The minimum absolute atomic E-state index is 0.0183. The van der Waals surface area contributed by atoms with Gasteiger partial charge in [0.2, 0.25) is 11.8 Å². The number of amides is 2. The highest BCUT2D eigenvalue weighted by Crippen LogP contribution is 2.17. The number of rotatable bonds is 4. The van der Waals surface area contributed by atoms with Crippen LogP contribution in [0, 0.1) is 0 Å². The first-order chi connectivity index (χ1) is 9.58. The van der Waals surface area contributed by atoms with Gasteiger partial charge >= 0.3 is 0 Å². The fraction of sp³-hybridized carbons (Fsp3) is 0.467. The van der Waals surface area contributed by atoms with E-state index in [9.17, 15) is 9.59 Å². The molecule has 1 heterocycles. The first-order valence-electron chi connectivity index (χ1n) is 6.84. The number of likely N-dealkylation sites (tertiary alicyclic amines) is 1. The molecular formula is C15H19ClN2O2. The molecule has 108 valence electrons. The van der Waals surface area contributed by atoms with E-state index in [1.807, 2.05) is 23.1 Å². The molecule has 0 atom stereocenters. The second-order valence-electron chi connectivity index (χ2n) is 5.05. The van der Waals surface area contributed by atoms with Crippen molar-refractivity contribution in [2.24, 2.45) is 0 Å². The predicted octanol–water partition coefficient (Wildman–Crippen LogP) is 2.31. The summed E-state index contributed by atoms with van der Waals surface area (Å²) >= 11 is 6.10. The van der Waals surface area contributed by atoms with Crippen LogP contribution in [0.25, 0.3) is 0 Å². The van der Waals surface area contributed by atoms with E-state index in [4.69, 9.17) is 11.6 Å². The van der Waals surface area contributed by atoms with Crippen LogP contribution in [0.2, 0.25) is 5.02 Å². The second-order valence-corrected chi connectivity index (χ2v) is 5.46. The van der Waals surface area contributed by atoms with Crippen molar-refractivity contribution >= 4 is 23.4 Å². The minimum Gasteiger partial charge on any atom is -0.341 e. The molecule has 2 amide bonds. The Morgan fingerprint density at radius 1 is 1.25 bits per heavy atom. The maximum Gasteiger partial charge on any atom is 0.242 e. The van der Waals surface area contributed by atoms with Crippen LogP contribution in [-0.2, 0) is 16.1 Å². The van der Waals surface area contributed by atoms with E-state index in [0.717, 1.165) is 31.5 Å². The van der Waals surface area contributed by atoms with Gasteiger partial charge < -0.3 is 9.80 Å². The highest BCUT2D eigenvalue weighted by Gasteiger charge is 2.22. The second kappa shape index (κ2) is 6.75. The van der Waals surface area contributed by atoms with Gasteiger partial charge in [-0.25, -0.2) is 0 Å². The summed E-state index contributed by atoms with van der Waals surface area (Å²) in [4.78, 5) is 27.2. The van der Waals surface area contributed by atoms with Crippen molar-refractivity contribution in [1.29, 1.82) is 0 Å². The van der Waals surface area contributed by atoms with Gasteiger partial charge in [-0.3, -0.25) is 9.59 Å². The summed E-state index contributed by atoms with van der Waals surface area (Å²) in [5, 5.41) is 0.618. The lowest BCUT2D eigenvalue weighted by Gasteiger charge is -2.24. The molecule has 1 aromatic carbocycles. The zero-order valence-electron chi connectivity index (χ0n) is 11.6. The first kappa shape index (κ1) is 14.9. The van der Waals surface area contributed by atoms with Crippen molar-refractivity contribution < 1.29 is 9.59 Å². The zero-order chi connectivity index (χ0) is 14.5. The van der Waals surface area contributed by atoms with Crippen LogP contribution in [0.15, 0.2) is 24.3 Å². The summed E-state index contributed by atoms with van der Waals surface area (Å²) in [5.74, 6) is -0.0952. The van der Waals surface area contributed by atoms with E-state index in [1.165, 1.54) is 6.92 Å². The van der Waals surface area contributed by atoms with E-state index in [0.29, 0.717) is 11.6 Å². The Hall–Kier alpha value is -1.55. The molecule has 0 spiro atoms. The molecule has 1 aromatic rings. The van der Waals surface area contributed by atoms with E-state index in [1.54, 1.807) is 11.0 Å². The lowest BCUT2D eigenvalue weighted by Crippen LogP contribution is -2.40. The van der Waals surface area contributed by atoms with Gasteiger partial charge in [0.25, 0.3) is 0 Å². The predicted molar refractivity (Wildman–Crippen MR) is 78.4 cm³/mol. The summed E-state index contributed by atoms with van der Waals surface area (Å²) < 4.78 is 0. The van der Waals surface area contributed by atoms with Gasteiger partial charge in [-0.05, 0) is 24.5 Å². The summed E-state index contributed by atoms with van der Waals surface area (Å²) in [7, 11) is 0. The normalized spacial score (nSPS) is 14.4. The van der Waals surface area contributed by atoms with Crippen molar-refractivity contribution in [3.63, 3.8) is 0 Å². The van der Waals surface area contributed by atoms with Crippen LogP contribution in [-0.4, -0.2) is 41.2 Å². The number of carbonyl (C=O) groups is 2. The molecule has 0 unspecified atom stereocenters. The van der Waals surface area contributed by atoms with Gasteiger partial charge in [0.1, 0.15) is 6.54 Å². The molecule has 2 rings (SSSR count). The fourth-order valence-electron chi connectivity index (χ4n) is 2.34. The minimum atomic E-state index is -0.113. The van der Waals surface area contributed by atoms with Crippen molar-refractivity contribution in [3.05, 3.63) is 34.9 Å². The van der Waals surface area contributed by atoms with Crippen molar-refractivity contribution in [1.82, 2.24) is 9.80 Å². The van der Waals surface area contributed by atoms with E-state index >= 15 is 0 Å². The Morgan fingerprint density at radius 3 is 2.50 bits per heavy atom. The third-order valence-electron chi connectivity index (χ3n) is 3.55. The molecule has 20 heavy (non-hydrogen) atoms. The standard InChI is InChI=1S/C15H19ClN2O2/c1-12(19)18(10-13-6-2-3-7-14(13)16)11-15(20)17-8-4-5-9-17/h2-3,6-7H,4-5,8-11H2,1H3. The third-order valence-corrected chi connectivity index (χ3v) is 3.92. The Balaban J connectivity index is 2.02. The SMILES string of the molecule is CC(=O)N(CC(=O)N1CCCC1)Cc1ccccc1Cl. The maximum absolute atomic E-state index is 12.1. The van der Waals surface area contributed by atoms with Crippen LogP contribution in [0.1, 0.15) is 25.3 Å². The number of halogens is 1. The van der Waals surface area contributed by atoms with Crippen LogP contribution in [0.4, 0.5) is 0 Å². The van der Waals surface area contributed by atoms with Crippen molar-refractivity contribution in [2.75, 3.05) is 19.6 Å². The summed E-state index contributed by atoms with van der Waals surface area (Å²) in [5.41, 5.74) is 0.860. The first-order valence-corrected chi connectivity index (χ1v) is 7.22. The molecule has 0 bridgehead atoms. The fourth-order valence-corrected chi connectivity index (χ4v) is 2.54. The lowest BCUT2D eigenvalue weighted by atomic mass is 10.2. The molecule has 1 fully saturated rings. The number of hydrogen-bond donors (Lipinski definition) is 0. The highest BCUT2D eigenvalue weighted by molar-refractivity contribution is 6.31. The van der Waals surface area contributed by atoms with Gasteiger partial charge in [0.05, 0.1) is 0 Å². The van der Waals surface area contributed by atoms with Gasteiger partial charge in [-0.2, -0.15) is 0 Å². The number of hydrogen-bond acceptors (Lipinski definition) is 2. The van der Waals surface area contributed by atoms with Crippen molar-refractivity contribution in [2.45, 2.75) is 26.3 Å². The Morgan fingerprint density at radius 2 is 1.90 bits per heavy atom. The average Bonchev–Trinajstić information content (AvgIpc) is 2.94. The van der Waals surface area contributed by atoms with Crippen LogP contribution >= 0.6 is 11.6 Å². The molecule has 0 saturated carbocycles. The Kier molecular flexibility index (Phi) is 5.01. The molecular weight excluding hydrogens is 276 g/mol. The van der Waals surface area contributed by atoms with Crippen LogP contribution < -0.4 is 0 Å². The third kappa shape index (κ3) is 3.73. The van der Waals surface area contributed by atoms with Gasteiger partial charge in [-0.15, -0.1) is 0 Å². The van der Waals surface area contributed by atoms with E-state index < -0.39 is 0 Å². The average molecular weight is 295 g/mol. The van der Waals surface area contributed by atoms with Crippen LogP contribution in [0.5, 0.6) is 0 Å². The van der Waals surface area contributed by atoms with Crippen molar-refractivity contribution in [3.8, 4) is 0 Å². The van der Waals surface area contributed by atoms with Gasteiger partial charge in [0.15, 0.2) is 0 Å². The number of benzene rings is 1. The molecule has 1 aliphatic heterocycles. The Labute approximate surface area is 124 Å². The lowest BCUT2D eigenvalue weighted by molar-refractivity contribution is -0.139. The quantitative estimate of drug-likeness (QED) is 0.855. The number of carbonyl (C=O) groups excluding carboxylic acids is 2. The van der Waals surface area contributed by atoms with E-state index in [-0.39, 0.29) is 18.4 Å². The van der Waals surface area contributed by atoms with Gasteiger partial charge in [0, 0.05) is 31.6 Å². The highest BCUT2D eigenvalue weighted by atomic mass is 35.5. The van der Waals surface area contributed by atoms with E-state index in [2.05, 4.69) is 0 Å². The summed E-state index contributed by atoms with van der Waals surface area (Å²) in [6.45, 7) is 3.58. The zero-order valence-corrected chi connectivity index (χ0v) is 12.4. The maximum atomic E-state index is 12.1. The molecule has 5 heteroatoms. The molecule has 4 nitrogen and oxygen atoms in total. The topological polar surface area (TPSA) is 40.6 Å². The molecule has 1 saturated heterocycles. The Bertz CT molecular complexity index is 498. The smallest absolute Gasteiger partial charge is 0.242 e. The molecule has 0 radical (unpaired) electrons. The monoisotopic (exact) mass is 294 g/mol. The van der Waals surface area contributed by atoms with Gasteiger partial charge in [-0.1, -0.05) is 29.8 Å². The molecule has 1 aliphatic rings. The summed E-state index contributed by atoms with van der Waals surface area (Å²) in [6.07, 6.45) is 2.10. The summed E-state index contributed by atoms with van der Waals surface area (Å²) in [6, 6.07) is 7.39. The largest absolute Gasteiger partial charge is 0.341 e. The molecule has 0 N–H and O–H groups in total. The van der Waals surface area contributed by atoms with Crippen LogP contribution in [0.3, 0.4) is 0 Å². The molecule has 0 aliphatic carbocycles. The number of nitrogens with zero attached hydrogens (tertiary/aromatic N) is 2. The molecule has 0 aromatic heterocycles.